The van der Waals surface area contributed by atoms with Gasteiger partial charge in [-0.2, -0.15) is 17.0 Å². The van der Waals surface area contributed by atoms with Crippen LogP contribution in [0.3, 0.4) is 0 Å². The number of rotatable bonds is 8. The summed E-state index contributed by atoms with van der Waals surface area (Å²) in [4.78, 5) is 17.6. The summed E-state index contributed by atoms with van der Waals surface area (Å²) in [6.07, 6.45) is 3.63. The van der Waals surface area contributed by atoms with Crippen LogP contribution >= 0.6 is 0 Å². The van der Waals surface area contributed by atoms with Gasteiger partial charge in [-0.15, -0.1) is 0 Å². The molecule has 0 unspecified atom stereocenters. The van der Waals surface area contributed by atoms with Crippen molar-refractivity contribution in [1.29, 1.82) is 0 Å². The highest BCUT2D eigenvalue weighted by atomic mass is 32.2. The van der Waals surface area contributed by atoms with Crippen molar-refractivity contribution >= 4 is 28.0 Å². The topological polar surface area (TPSA) is 89.1 Å². The van der Waals surface area contributed by atoms with E-state index in [0.29, 0.717) is 44.8 Å². The number of benzene rings is 1. The SMILES string of the molecule is CN(C)S(=O)(=O)N1CCN(Cc2ccc(F)c(N(C=O)Nc3cccnc3)c2)CC1. The number of anilines is 2. The van der Waals surface area contributed by atoms with E-state index in [0.717, 1.165) is 10.6 Å². The number of carbonyl (C=O) groups excluding carboxylic acids is 1. The molecule has 0 bridgehead atoms. The van der Waals surface area contributed by atoms with E-state index in [9.17, 15) is 17.6 Å². The molecule has 1 aromatic heterocycles. The number of hydrogen-bond acceptors (Lipinski definition) is 6. The highest BCUT2D eigenvalue weighted by Crippen LogP contribution is 2.22. The van der Waals surface area contributed by atoms with Crippen LogP contribution in [0.5, 0.6) is 0 Å². The Bertz CT molecular complexity index is 965. The summed E-state index contributed by atoms with van der Waals surface area (Å²) >= 11 is 0. The van der Waals surface area contributed by atoms with E-state index in [1.807, 2.05) is 0 Å². The second-order valence-corrected chi connectivity index (χ2v) is 9.22. The Morgan fingerprint density at radius 1 is 1.20 bits per heavy atom. The molecule has 0 aliphatic carbocycles. The van der Waals surface area contributed by atoms with Gasteiger partial charge in [-0.3, -0.25) is 20.1 Å². The maximum Gasteiger partial charge on any atom is 0.281 e. The van der Waals surface area contributed by atoms with Gasteiger partial charge in [-0.25, -0.2) is 9.40 Å². The minimum atomic E-state index is -3.42. The van der Waals surface area contributed by atoms with Crippen molar-refractivity contribution in [2.75, 3.05) is 50.7 Å². The Kier molecular flexibility index (Phi) is 6.98. The predicted molar refractivity (Wildman–Crippen MR) is 112 cm³/mol. The van der Waals surface area contributed by atoms with Crippen LogP contribution in [-0.4, -0.2) is 73.6 Å². The average Bonchev–Trinajstić information content (AvgIpc) is 2.74. The van der Waals surface area contributed by atoms with Crippen molar-refractivity contribution in [2.45, 2.75) is 6.54 Å². The van der Waals surface area contributed by atoms with Crippen LogP contribution in [0.1, 0.15) is 5.56 Å². The zero-order chi connectivity index (χ0) is 21.7. The molecule has 1 fully saturated rings. The van der Waals surface area contributed by atoms with Gasteiger partial charge >= 0.3 is 0 Å². The molecule has 162 valence electrons. The molecule has 9 nitrogen and oxygen atoms in total. The van der Waals surface area contributed by atoms with Crippen molar-refractivity contribution in [3.8, 4) is 0 Å². The Morgan fingerprint density at radius 2 is 1.93 bits per heavy atom. The van der Waals surface area contributed by atoms with Crippen LogP contribution in [-0.2, 0) is 21.5 Å². The van der Waals surface area contributed by atoms with Gasteiger partial charge in [0.1, 0.15) is 11.5 Å². The molecule has 1 aliphatic rings. The van der Waals surface area contributed by atoms with E-state index in [2.05, 4.69) is 15.3 Å². The van der Waals surface area contributed by atoms with Gasteiger partial charge in [-0.05, 0) is 29.8 Å². The summed E-state index contributed by atoms with van der Waals surface area (Å²) in [6.45, 7) is 2.41. The first-order valence-corrected chi connectivity index (χ1v) is 10.8. The number of halogens is 1. The molecule has 1 amide bonds. The molecule has 2 aromatic rings. The van der Waals surface area contributed by atoms with Crippen molar-refractivity contribution in [2.24, 2.45) is 0 Å². The van der Waals surface area contributed by atoms with Crippen molar-refractivity contribution in [1.82, 2.24) is 18.5 Å². The lowest BCUT2D eigenvalue weighted by molar-refractivity contribution is -0.107. The highest BCUT2D eigenvalue weighted by molar-refractivity contribution is 7.86. The molecule has 0 saturated carbocycles. The molecular formula is C19H25FN6O3S. The number of hydrogen-bond donors (Lipinski definition) is 1. The number of aromatic nitrogens is 1. The van der Waals surface area contributed by atoms with E-state index in [-0.39, 0.29) is 5.69 Å². The van der Waals surface area contributed by atoms with Crippen LogP contribution in [0.4, 0.5) is 15.8 Å². The maximum atomic E-state index is 14.4. The van der Waals surface area contributed by atoms with Gasteiger partial charge in [0.2, 0.25) is 6.41 Å². The molecule has 0 spiro atoms. The number of nitrogens with one attached hydrogen (secondary N) is 1. The van der Waals surface area contributed by atoms with Gasteiger partial charge in [0.15, 0.2) is 0 Å². The Hall–Kier alpha value is -2.60. The van der Waals surface area contributed by atoms with Crippen molar-refractivity contribution in [3.05, 3.63) is 54.1 Å². The molecule has 2 heterocycles. The standard InChI is InChI=1S/C19H25FN6O3S/c1-23(2)30(28,29)25-10-8-24(9-11-25)14-16-5-6-18(20)19(12-16)26(15-27)22-17-4-3-7-21-13-17/h3-7,12-13,15,22H,8-11,14H2,1-2H3. The first-order chi connectivity index (χ1) is 14.3. The largest absolute Gasteiger partial charge is 0.296 e. The third-order valence-corrected chi connectivity index (χ3v) is 6.75. The van der Waals surface area contributed by atoms with E-state index in [4.69, 9.17) is 0 Å². The summed E-state index contributed by atoms with van der Waals surface area (Å²) < 4.78 is 41.5. The summed E-state index contributed by atoms with van der Waals surface area (Å²) in [5.74, 6) is -0.538. The Morgan fingerprint density at radius 3 is 2.53 bits per heavy atom. The first-order valence-electron chi connectivity index (χ1n) is 9.41. The third kappa shape index (κ3) is 5.11. The fraction of sp³-hybridized carbons (Fsp3) is 0.368. The van der Waals surface area contributed by atoms with Crippen LogP contribution in [0, 0.1) is 5.82 Å². The molecule has 30 heavy (non-hydrogen) atoms. The molecule has 1 saturated heterocycles. The normalized spacial score (nSPS) is 15.9. The van der Waals surface area contributed by atoms with Crippen LogP contribution in [0.25, 0.3) is 0 Å². The summed E-state index contributed by atoms with van der Waals surface area (Å²) in [5, 5.41) is 1.07. The molecule has 0 radical (unpaired) electrons. The third-order valence-electron chi connectivity index (χ3n) is 4.81. The van der Waals surface area contributed by atoms with Crippen LogP contribution in [0.2, 0.25) is 0 Å². The second kappa shape index (κ2) is 9.47. The summed E-state index contributed by atoms with van der Waals surface area (Å²) in [5.41, 5.74) is 4.28. The molecule has 3 rings (SSSR count). The summed E-state index contributed by atoms with van der Waals surface area (Å²) in [7, 11) is -0.394. The Balaban J connectivity index is 1.68. The summed E-state index contributed by atoms with van der Waals surface area (Å²) in [6, 6.07) is 8.00. The molecule has 11 heteroatoms. The fourth-order valence-electron chi connectivity index (χ4n) is 3.16. The fourth-order valence-corrected chi connectivity index (χ4v) is 4.25. The lowest BCUT2D eigenvalue weighted by Gasteiger charge is -2.35. The molecule has 0 atom stereocenters. The lowest BCUT2D eigenvalue weighted by atomic mass is 10.1. The zero-order valence-corrected chi connectivity index (χ0v) is 17.7. The smallest absolute Gasteiger partial charge is 0.281 e. The number of amides is 1. The zero-order valence-electron chi connectivity index (χ0n) is 16.9. The average molecular weight is 437 g/mol. The van der Waals surface area contributed by atoms with Gasteiger partial charge in [0.25, 0.3) is 10.2 Å². The molecular weight excluding hydrogens is 411 g/mol. The van der Waals surface area contributed by atoms with Crippen LogP contribution < -0.4 is 10.4 Å². The Labute approximate surface area is 175 Å². The van der Waals surface area contributed by atoms with E-state index < -0.39 is 16.0 Å². The minimum Gasteiger partial charge on any atom is -0.296 e. The maximum absolute atomic E-state index is 14.4. The molecule has 1 aromatic carbocycles. The predicted octanol–water partition coefficient (Wildman–Crippen LogP) is 1.13. The van der Waals surface area contributed by atoms with Crippen molar-refractivity contribution in [3.63, 3.8) is 0 Å². The van der Waals surface area contributed by atoms with Crippen LogP contribution in [0.15, 0.2) is 42.7 Å². The van der Waals surface area contributed by atoms with E-state index >= 15 is 0 Å². The lowest BCUT2D eigenvalue weighted by Crippen LogP contribution is -2.51. The number of piperazine rings is 1. The quantitative estimate of drug-likeness (QED) is 0.493. The second-order valence-electron chi connectivity index (χ2n) is 7.08. The number of hydrazine groups is 1. The van der Waals surface area contributed by atoms with Gasteiger partial charge in [-0.1, -0.05) is 6.07 Å². The van der Waals surface area contributed by atoms with E-state index in [1.165, 1.54) is 35.0 Å². The number of nitrogens with zero attached hydrogens (tertiary/aromatic N) is 5. The van der Waals surface area contributed by atoms with Gasteiger partial charge in [0.05, 0.1) is 11.9 Å². The minimum absolute atomic E-state index is 0.0974. The first kappa shape index (κ1) is 22.1. The van der Waals surface area contributed by atoms with E-state index in [1.54, 1.807) is 30.5 Å². The van der Waals surface area contributed by atoms with Crippen molar-refractivity contribution < 1.29 is 17.6 Å². The number of carbonyl (C=O) groups is 1. The van der Waals surface area contributed by atoms with Gasteiger partial charge < -0.3 is 0 Å². The van der Waals surface area contributed by atoms with Gasteiger partial charge in [0, 0.05) is 53.0 Å². The number of pyridine rings is 1. The molecule has 1 N–H and O–H groups in total. The monoisotopic (exact) mass is 436 g/mol. The highest BCUT2D eigenvalue weighted by Gasteiger charge is 2.28. The molecule has 1 aliphatic heterocycles.